The molecule has 1 amide bonds. The van der Waals surface area contributed by atoms with Gasteiger partial charge in [-0.1, -0.05) is 18.2 Å². The maximum absolute atomic E-state index is 13.6. The van der Waals surface area contributed by atoms with Crippen LogP contribution in [0.1, 0.15) is 15.9 Å². The number of methoxy groups -OCH3 is 2. The number of hydrogen-bond acceptors (Lipinski definition) is 6. The van der Waals surface area contributed by atoms with Crippen LogP contribution in [0.3, 0.4) is 0 Å². The summed E-state index contributed by atoms with van der Waals surface area (Å²) in [4.78, 5) is 35.3. The van der Waals surface area contributed by atoms with E-state index in [1.54, 1.807) is 18.2 Å². The SMILES string of the molecule is COC(=O)c1ccccc1NC(=O)COC(=O)/C=C/c1ccc(OC)c(F)c1. The summed E-state index contributed by atoms with van der Waals surface area (Å²) in [5.74, 6) is -2.51. The minimum Gasteiger partial charge on any atom is -0.494 e. The summed E-state index contributed by atoms with van der Waals surface area (Å²) in [5, 5.41) is 2.47. The van der Waals surface area contributed by atoms with Crippen LogP contribution in [-0.4, -0.2) is 38.7 Å². The molecule has 0 atom stereocenters. The molecule has 0 aromatic heterocycles. The fraction of sp³-hybridized carbons (Fsp3) is 0.150. The fourth-order valence-corrected chi connectivity index (χ4v) is 2.20. The number of carbonyl (C=O) groups is 3. The van der Waals surface area contributed by atoms with Gasteiger partial charge in [-0.25, -0.2) is 14.0 Å². The molecule has 28 heavy (non-hydrogen) atoms. The van der Waals surface area contributed by atoms with Crippen molar-refractivity contribution in [2.45, 2.75) is 0 Å². The number of ether oxygens (including phenoxy) is 3. The predicted octanol–water partition coefficient (Wildman–Crippen LogP) is 2.82. The van der Waals surface area contributed by atoms with Crippen LogP contribution in [0, 0.1) is 5.82 Å². The average Bonchev–Trinajstić information content (AvgIpc) is 2.70. The van der Waals surface area contributed by atoms with E-state index in [-0.39, 0.29) is 17.0 Å². The van der Waals surface area contributed by atoms with Crippen LogP contribution in [0.4, 0.5) is 10.1 Å². The minimum absolute atomic E-state index is 0.0867. The van der Waals surface area contributed by atoms with E-state index in [0.29, 0.717) is 5.56 Å². The van der Waals surface area contributed by atoms with Gasteiger partial charge in [0.05, 0.1) is 25.5 Å². The molecule has 0 aliphatic carbocycles. The van der Waals surface area contributed by atoms with E-state index in [2.05, 4.69) is 10.1 Å². The van der Waals surface area contributed by atoms with Crippen LogP contribution >= 0.6 is 0 Å². The minimum atomic E-state index is -0.785. The maximum atomic E-state index is 13.6. The summed E-state index contributed by atoms with van der Waals surface area (Å²) in [6.07, 6.45) is 2.41. The third kappa shape index (κ3) is 5.66. The van der Waals surface area contributed by atoms with Gasteiger partial charge in [0.25, 0.3) is 5.91 Å². The van der Waals surface area contributed by atoms with Crippen molar-refractivity contribution >= 4 is 29.6 Å². The Morgan fingerprint density at radius 2 is 1.86 bits per heavy atom. The van der Waals surface area contributed by atoms with Gasteiger partial charge in [0.15, 0.2) is 18.2 Å². The van der Waals surface area contributed by atoms with E-state index < -0.39 is 30.3 Å². The number of esters is 2. The quantitative estimate of drug-likeness (QED) is 0.580. The first-order chi connectivity index (χ1) is 13.4. The second kappa shape index (κ2) is 9.86. The molecule has 2 aromatic carbocycles. The Kier molecular flexibility index (Phi) is 7.27. The molecule has 7 nitrogen and oxygen atoms in total. The highest BCUT2D eigenvalue weighted by Crippen LogP contribution is 2.18. The topological polar surface area (TPSA) is 90.9 Å². The molecule has 1 N–H and O–H groups in total. The van der Waals surface area contributed by atoms with Crippen molar-refractivity contribution in [1.29, 1.82) is 0 Å². The van der Waals surface area contributed by atoms with Gasteiger partial charge < -0.3 is 19.5 Å². The molecule has 0 saturated carbocycles. The summed E-state index contributed by atoms with van der Waals surface area (Å²) in [5.41, 5.74) is 0.831. The number of anilines is 1. The molecular weight excluding hydrogens is 369 g/mol. The number of para-hydroxylation sites is 1. The number of nitrogens with one attached hydrogen (secondary N) is 1. The van der Waals surface area contributed by atoms with Gasteiger partial charge in [0.1, 0.15) is 0 Å². The molecule has 0 heterocycles. The Balaban J connectivity index is 1.90. The molecule has 0 bridgehead atoms. The lowest BCUT2D eigenvalue weighted by Gasteiger charge is -2.09. The van der Waals surface area contributed by atoms with E-state index in [4.69, 9.17) is 9.47 Å². The molecule has 2 aromatic rings. The van der Waals surface area contributed by atoms with Crippen LogP contribution in [0.2, 0.25) is 0 Å². The number of carbonyl (C=O) groups excluding carboxylic acids is 3. The smallest absolute Gasteiger partial charge is 0.339 e. The molecule has 0 radical (unpaired) electrons. The number of halogens is 1. The van der Waals surface area contributed by atoms with Crippen LogP contribution in [-0.2, 0) is 19.1 Å². The molecule has 0 aliphatic heterocycles. The standard InChI is InChI=1S/C20H18FNO6/c1-26-17-9-7-13(11-15(17)21)8-10-19(24)28-12-18(23)22-16-6-4-3-5-14(16)20(25)27-2/h3-11H,12H2,1-2H3,(H,22,23)/b10-8+. The van der Waals surface area contributed by atoms with Crippen molar-refractivity contribution in [1.82, 2.24) is 0 Å². The molecule has 2 rings (SSSR count). The van der Waals surface area contributed by atoms with Crippen LogP contribution in [0.25, 0.3) is 6.08 Å². The van der Waals surface area contributed by atoms with E-state index in [9.17, 15) is 18.8 Å². The Hall–Kier alpha value is -3.68. The average molecular weight is 387 g/mol. The van der Waals surface area contributed by atoms with Crippen molar-refractivity contribution in [2.75, 3.05) is 26.1 Å². The summed E-state index contributed by atoms with van der Waals surface area (Å²) < 4.78 is 27.9. The lowest BCUT2D eigenvalue weighted by Crippen LogP contribution is -2.21. The van der Waals surface area contributed by atoms with Gasteiger partial charge >= 0.3 is 11.9 Å². The predicted molar refractivity (Wildman–Crippen MR) is 99.4 cm³/mol. The monoisotopic (exact) mass is 387 g/mol. The first-order valence-electron chi connectivity index (χ1n) is 8.10. The number of benzene rings is 2. The van der Waals surface area contributed by atoms with Crippen molar-refractivity contribution in [3.63, 3.8) is 0 Å². The summed E-state index contributed by atoms with van der Waals surface area (Å²) in [6.45, 7) is -0.560. The summed E-state index contributed by atoms with van der Waals surface area (Å²) in [7, 11) is 2.57. The van der Waals surface area contributed by atoms with Gasteiger partial charge in [-0.05, 0) is 35.9 Å². The normalized spacial score (nSPS) is 10.4. The van der Waals surface area contributed by atoms with Gasteiger partial charge in [-0.15, -0.1) is 0 Å². The molecule has 8 heteroatoms. The van der Waals surface area contributed by atoms with Crippen molar-refractivity contribution in [3.05, 3.63) is 65.5 Å². The zero-order valence-electron chi connectivity index (χ0n) is 15.2. The fourth-order valence-electron chi connectivity index (χ4n) is 2.20. The first-order valence-corrected chi connectivity index (χ1v) is 8.10. The lowest BCUT2D eigenvalue weighted by atomic mass is 10.2. The van der Waals surface area contributed by atoms with E-state index in [1.165, 1.54) is 44.6 Å². The van der Waals surface area contributed by atoms with Gasteiger partial charge in [-0.2, -0.15) is 0 Å². The van der Waals surface area contributed by atoms with Crippen molar-refractivity contribution in [3.8, 4) is 5.75 Å². The zero-order chi connectivity index (χ0) is 20.5. The molecule has 0 spiro atoms. The van der Waals surface area contributed by atoms with Gasteiger partial charge in [-0.3, -0.25) is 4.79 Å². The molecule has 0 aliphatic rings. The van der Waals surface area contributed by atoms with Crippen LogP contribution in [0.15, 0.2) is 48.5 Å². The van der Waals surface area contributed by atoms with Gasteiger partial charge in [0.2, 0.25) is 0 Å². The zero-order valence-corrected chi connectivity index (χ0v) is 15.2. The highest BCUT2D eigenvalue weighted by Gasteiger charge is 2.14. The van der Waals surface area contributed by atoms with Gasteiger partial charge in [0, 0.05) is 6.08 Å². The number of hydrogen-bond donors (Lipinski definition) is 1. The van der Waals surface area contributed by atoms with E-state index in [1.807, 2.05) is 0 Å². The highest BCUT2D eigenvalue weighted by atomic mass is 19.1. The largest absolute Gasteiger partial charge is 0.494 e. The highest BCUT2D eigenvalue weighted by molar-refractivity contribution is 6.02. The second-order valence-electron chi connectivity index (χ2n) is 5.42. The van der Waals surface area contributed by atoms with E-state index in [0.717, 1.165) is 6.08 Å². The number of rotatable bonds is 7. The molecule has 0 fully saturated rings. The van der Waals surface area contributed by atoms with Crippen LogP contribution < -0.4 is 10.1 Å². The third-order valence-electron chi connectivity index (χ3n) is 3.54. The lowest BCUT2D eigenvalue weighted by molar-refractivity contribution is -0.142. The van der Waals surface area contributed by atoms with Crippen molar-refractivity contribution in [2.24, 2.45) is 0 Å². The Labute approximate surface area is 160 Å². The third-order valence-corrected chi connectivity index (χ3v) is 3.54. The molecular formula is C20H18FNO6. The second-order valence-corrected chi connectivity index (χ2v) is 5.42. The first kappa shape index (κ1) is 20.6. The Morgan fingerprint density at radius 3 is 2.54 bits per heavy atom. The molecule has 0 unspecified atom stereocenters. The Bertz CT molecular complexity index is 909. The van der Waals surface area contributed by atoms with Crippen molar-refractivity contribution < 1.29 is 33.0 Å². The molecule has 146 valence electrons. The molecule has 0 saturated heterocycles. The van der Waals surface area contributed by atoms with E-state index >= 15 is 0 Å². The summed E-state index contributed by atoms with van der Waals surface area (Å²) in [6, 6.07) is 10.4. The van der Waals surface area contributed by atoms with Crippen LogP contribution in [0.5, 0.6) is 5.75 Å². The maximum Gasteiger partial charge on any atom is 0.339 e. The number of amides is 1. The Morgan fingerprint density at radius 1 is 1.11 bits per heavy atom. The summed E-state index contributed by atoms with van der Waals surface area (Å²) >= 11 is 0.